The quantitative estimate of drug-likeness (QED) is 0.586. The van der Waals surface area contributed by atoms with Crippen LogP contribution in [0.5, 0.6) is 0 Å². The van der Waals surface area contributed by atoms with Gasteiger partial charge in [0.25, 0.3) is 0 Å². The van der Waals surface area contributed by atoms with Crippen molar-refractivity contribution in [2.24, 2.45) is 0 Å². The van der Waals surface area contributed by atoms with Crippen molar-refractivity contribution in [3.63, 3.8) is 0 Å². The molecule has 2 aliphatic rings. The molecule has 0 N–H and O–H groups in total. The molecule has 0 aromatic rings. The Hall–Kier alpha value is 0.482. The number of piperidine rings is 1. The first-order chi connectivity index (χ1) is 7.41. The van der Waals surface area contributed by atoms with E-state index < -0.39 is 0 Å². The van der Waals surface area contributed by atoms with Gasteiger partial charge < -0.3 is 10.6 Å². The van der Waals surface area contributed by atoms with E-state index in [-0.39, 0.29) is 15.9 Å². The summed E-state index contributed by atoms with van der Waals surface area (Å²) in [5, 5.41) is 8.09. The summed E-state index contributed by atoms with van der Waals surface area (Å²) in [6, 6.07) is 0. The number of hydrogen-bond acceptors (Lipinski definition) is 0. The van der Waals surface area contributed by atoms with Crippen LogP contribution in [0.2, 0.25) is 0 Å². The molecule has 0 aromatic carbocycles. The van der Waals surface area contributed by atoms with Gasteiger partial charge in [-0.05, 0) is 0 Å². The number of rotatable bonds is 0. The minimum atomic E-state index is -0.106. The summed E-state index contributed by atoms with van der Waals surface area (Å²) in [6.45, 7) is 3.11. The molecule has 15 heavy (non-hydrogen) atoms. The first kappa shape index (κ1) is 15.5. The zero-order chi connectivity index (χ0) is 11.2. The van der Waals surface area contributed by atoms with Crippen LogP contribution in [0.3, 0.4) is 0 Å². The van der Waals surface area contributed by atoms with Crippen LogP contribution >= 0.6 is 19.1 Å². The zero-order valence-electron chi connectivity index (χ0n) is 8.52. The van der Waals surface area contributed by atoms with E-state index in [9.17, 15) is 0 Å². The van der Waals surface area contributed by atoms with E-state index in [4.69, 9.17) is 19.1 Å². The van der Waals surface area contributed by atoms with E-state index in [1.165, 1.54) is 19.3 Å². The summed E-state index contributed by atoms with van der Waals surface area (Å²) in [5.41, 5.74) is 0. The second kappa shape index (κ2) is 14.5. The average molecular weight is 342 g/mol. The van der Waals surface area contributed by atoms with Crippen LogP contribution in [0.25, 0.3) is 10.6 Å². The third kappa shape index (κ3) is 14.5. The fourth-order valence-corrected chi connectivity index (χ4v) is 1.11. The molecule has 2 rings (SSSR count). The summed E-state index contributed by atoms with van der Waals surface area (Å²) in [5.74, 6) is 0. The number of halogens is 2. The molecule has 92 valence electrons. The summed E-state index contributed by atoms with van der Waals surface area (Å²) in [7, 11) is 9.63. The Morgan fingerprint density at radius 2 is 1.67 bits per heavy atom. The molecular weight excluding hydrogens is 325 g/mol. The van der Waals surface area contributed by atoms with Crippen molar-refractivity contribution in [3.8, 4) is 0 Å². The van der Waals surface area contributed by atoms with Gasteiger partial charge in [0, 0.05) is 0 Å². The third-order valence-electron chi connectivity index (χ3n) is 1.78. The Morgan fingerprint density at radius 3 is 1.80 bits per heavy atom. The van der Waals surface area contributed by atoms with Crippen molar-refractivity contribution in [1.29, 1.82) is 0 Å². The van der Waals surface area contributed by atoms with Gasteiger partial charge in [0.15, 0.2) is 0 Å². The first-order valence-corrected chi connectivity index (χ1v) is 8.86. The van der Waals surface area contributed by atoms with Gasteiger partial charge in [0.2, 0.25) is 0 Å². The number of nitrogens with zero attached hydrogens (tertiary/aromatic N) is 2. The van der Waals surface area contributed by atoms with Gasteiger partial charge >= 0.3 is 35.0 Å². The van der Waals surface area contributed by atoms with Gasteiger partial charge in [-0.25, -0.2) is 0 Å². The standard InChI is InChI=1S/C5H10N.C5H6N.2ClH.Pd/c2*1-2-4-6-5-3-1;;;/h1-5H2;1-4H,5H2;2*1H;/q2*-1;;;+2/p-2. The Morgan fingerprint density at radius 1 is 1.00 bits per heavy atom. The third-order valence-corrected chi connectivity index (χ3v) is 1.78. The molecule has 0 unspecified atom stereocenters. The fraction of sp³-hybridized carbons (Fsp3) is 0.600. The molecule has 2 nitrogen and oxygen atoms in total. The van der Waals surface area contributed by atoms with Crippen molar-refractivity contribution < 1.29 is 15.9 Å². The van der Waals surface area contributed by atoms with E-state index in [1.807, 2.05) is 18.2 Å². The van der Waals surface area contributed by atoms with Gasteiger partial charge in [-0.15, -0.1) is 25.7 Å². The van der Waals surface area contributed by atoms with Crippen LogP contribution in [-0.4, -0.2) is 19.6 Å². The van der Waals surface area contributed by atoms with E-state index in [0.29, 0.717) is 0 Å². The second-order valence-electron chi connectivity index (χ2n) is 2.91. The SMILES string of the molecule is C1=CC[N-]C=C1.C1CC[N-]CC1.[Cl][Pd][Cl]. The zero-order valence-corrected chi connectivity index (χ0v) is 11.6. The van der Waals surface area contributed by atoms with Crippen molar-refractivity contribution >= 4 is 19.1 Å². The molecule has 1 fully saturated rings. The van der Waals surface area contributed by atoms with Crippen molar-refractivity contribution in [2.45, 2.75) is 19.3 Å². The molecule has 0 atom stereocenters. The Bertz CT molecular complexity index is 147. The van der Waals surface area contributed by atoms with Gasteiger partial charge in [0.1, 0.15) is 0 Å². The summed E-state index contributed by atoms with van der Waals surface area (Å²) < 4.78 is 0. The van der Waals surface area contributed by atoms with Crippen LogP contribution in [-0.2, 0) is 15.9 Å². The first-order valence-electron chi connectivity index (χ1n) is 4.85. The molecule has 1 saturated heterocycles. The van der Waals surface area contributed by atoms with Crippen molar-refractivity contribution in [3.05, 3.63) is 35.1 Å². The Labute approximate surface area is 109 Å². The molecule has 0 radical (unpaired) electrons. The van der Waals surface area contributed by atoms with Crippen LogP contribution in [0, 0.1) is 0 Å². The van der Waals surface area contributed by atoms with E-state index in [1.54, 1.807) is 6.20 Å². The van der Waals surface area contributed by atoms with Crippen LogP contribution in [0.15, 0.2) is 24.4 Å². The normalized spacial score (nSPS) is 18.0. The Balaban J connectivity index is 0.000000210. The van der Waals surface area contributed by atoms with Crippen LogP contribution < -0.4 is 0 Å². The molecule has 0 aliphatic carbocycles. The molecule has 0 bridgehead atoms. The molecule has 0 saturated carbocycles. The summed E-state index contributed by atoms with van der Waals surface area (Å²) >= 11 is -0.106. The van der Waals surface area contributed by atoms with Gasteiger partial charge in [-0.2, -0.15) is 6.20 Å². The second-order valence-corrected chi connectivity index (χ2v) is 5.27. The molecular formula is C10H16Cl2N2Pd-2. The van der Waals surface area contributed by atoms with E-state index in [2.05, 4.69) is 10.6 Å². The molecule has 5 heteroatoms. The average Bonchev–Trinajstić information content (AvgIpc) is 2.35. The maximum absolute atomic E-state index is 4.81. The summed E-state index contributed by atoms with van der Waals surface area (Å²) in [4.78, 5) is 0. The molecule has 2 aliphatic heterocycles. The maximum atomic E-state index is 4.81. The predicted octanol–water partition coefficient (Wildman–Crippen LogP) is 4.36. The van der Waals surface area contributed by atoms with E-state index in [0.717, 1.165) is 19.6 Å². The topological polar surface area (TPSA) is 28.2 Å². The van der Waals surface area contributed by atoms with Crippen LogP contribution in [0.4, 0.5) is 0 Å². The minimum absolute atomic E-state index is 0.106. The van der Waals surface area contributed by atoms with Gasteiger partial charge in [-0.3, -0.25) is 0 Å². The van der Waals surface area contributed by atoms with Crippen LogP contribution in [0.1, 0.15) is 19.3 Å². The predicted molar refractivity (Wildman–Crippen MR) is 65.2 cm³/mol. The molecule has 0 amide bonds. The van der Waals surface area contributed by atoms with Gasteiger partial charge in [-0.1, -0.05) is 31.4 Å². The molecule has 0 aromatic heterocycles. The Kier molecular flexibility index (Phi) is 14.9. The van der Waals surface area contributed by atoms with E-state index >= 15 is 0 Å². The molecule has 0 spiro atoms. The number of hydrogen-bond donors (Lipinski definition) is 0. The number of allylic oxidation sites excluding steroid dienone is 2. The monoisotopic (exact) mass is 340 g/mol. The summed E-state index contributed by atoms with van der Waals surface area (Å²) in [6.07, 6.45) is 11.8. The van der Waals surface area contributed by atoms with Crippen molar-refractivity contribution in [1.82, 2.24) is 0 Å². The van der Waals surface area contributed by atoms with Crippen molar-refractivity contribution in [2.75, 3.05) is 19.6 Å². The van der Waals surface area contributed by atoms with Gasteiger partial charge in [0.05, 0.1) is 0 Å². The fourth-order valence-electron chi connectivity index (χ4n) is 1.11. The molecule has 2 heterocycles.